The van der Waals surface area contributed by atoms with Crippen molar-refractivity contribution in [2.45, 2.75) is 45.2 Å². The van der Waals surface area contributed by atoms with Crippen LogP contribution in [0.15, 0.2) is 36.7 Å². The number of carbonyl (C=O) groups excluding carboxylic acids is 2. The van der Waals surface area contributed by atoms with E-state index in [9.17, 15) is 9.59 Å². The van der Waals surface area contributed by atoms with Crippen molar-refractivity contribution < 1.29 is 9.59 Å². The molecule has 4 aliphatic heterocycles. The molecule has 6 heterocycles. The van der Waals surface area contributed by atoms with Gasteiger partial charge in [-0.2, -0.15) is 10.5 Å². The second kappa shape index (κ2) is 14.1. The van der Waals surface area contributed by atoms with Crippen molar-refractivity contribution in [1.82, 2.24) is 19.8 Å². The Morgan fingerprint density at radius 1 is 0.733 bits per heavy atom. The summed E-state index contributed by atoms with van der Waals surface area (Å²) in [4.78, 5) is 41.0. The highest BCUT2D eigenvalue weighted by Gasteiger charge is 2.30. The van der Waals surface area contributed by atoms with Crippen molar-refractivity contribution in [2.24, 2.45) is 11.8 Å². The van der Waals surface area contributed by atoms with Crippen LogP contribution in [0, 0.1) is 34.7 Å². The average molecular weight is 645 g/mol. The van der Waals surface area contributed by atoms with Crippen LogP contribution in [0.3, 0.4) is 0 Å². The van der Waals surface area contributed by atoms with Gasteiger partial charge in [0.2, 0.25) is 11.8 Å². The number of nitrogens with one attached hydrogen (secondary N) is 2. The molecule has 2 amide bonds. The van der Waals surface area contributed by atoms with Crippen LogP contribution < -0.4 is 20.4 Å². The Morgan fingerprint density at radius 2 is 1.22 bits per heavy atom. The molecule has 0 aliphatic carbocycles. The minimum absolute atomic E-state index is 0.0210. The lowest BCUT2D eigenvalue weighted by Gasteiger charge is -2.26. The maximum absolute atomic E-state index is 12.3. The fourth-order valence-corrected chi connectivity index (χ4v) is 7.78. The first-order chi connectivity index (χ1) is 22.0. The molecule has 0 radical (unpaired) electrons. The standard InChI is InChI=1S/C17H17N5OS.C14H19N5OS/c18-11-21-6-5-14(8-21)16(23)20-17-19-7-15(24-17)22-9-12-3-1-2-4-13(12)10-22;15-10-18-7-4-11(9-18)13(20)17-14-16-8-12(21-14)19-5-2-1-3-6-19/h1-4,7,14H,5-6,8-10H2,(H,19,20,23);8,11H,1-7,9H2,(H,16,17,20)/t14-;11-/m00/s1. The number of amides is 2. The van der Waals surface area contributed by atoms with Crippen molar-refractivity contribution in [3.05, 3.63) is 47.8 Å². The topological polar surface area (TPSA) is 145 Å². The number of thiazole rings is 2. The number of benzene rings is 1. The number of rotatable bonds is 6. The predicted molar refractivity (Wildman–Crippen MR) is 174 cm³/mol. The third kappa shape index (κ3) is 7.47. The molecule has 0 bridgehead atoms. The van der Waals surface area contributed by atoms with Crippen LogP contribution in [0.4, 0.5) is 20.3 Å². The smallest absolute Gasteiger partial charge is 0.231 e. The molecular formula is C31H36N10O2S2. The highest BCUT2D eigenvalue weighted by Crippen LogP contribution is 2.34. The van der Waals surface area contributed by atoms with Gasteiger partial charge in [0.25, 0.3) is 0 Å². The molecule has 3 aromatic rings. The monoisotopic (exact) mass is 644 g/mol. The summed E-state index contributed by atoms with van der Waals surface area (Å²) in [5, 5.41) is 27.0. The van der Waals surface area contributed by atoms with E-state index in [1.54, 1.807) is 9.80 Å². The molecule has 2 atom stereocenters. The molecule has 12 nitrogen and oxygen atoms in total. The summed E-state index contributed by atoms with van der Waals surface area (Å²) in [7, 11) is 0. The first-order valence-corrected chi connectivity index (χ1v) is 17.0. The highest BCUT2D eigenvalue weighted by atomic mass is 32.1. The maximum atomic E-state index is 12.3. The van der Waals surface area contributed by atoms with Crippen molar-refractivity contribution in [2.75, 3.05) is 59.7 Å². The number of carbonyl (C=O) groups is 2. The first-order valence-electron chi connectivity index (χ1n) is 15.4. The molecule has 0 unspecified atom stereocenters. The quantitative estimate of drug-likeness (QED) is 0.373. The minimum Gasteiger partial charge on any atom is -0.362 e. The lowest BCUT2D eigenvalue weighted by Crippen LogP contribution is -2.28. The molecule has 7 rings (SSSR count). The van der Waals surface area contributed by atoms with E-state index in [-0.39, 0.29) is 23.7 Å². The SMILES string of the molecule is N#CN1CC[C@H](C(=O)Nc2ncc(N3CCCCC3)s2)C1.N#CN1CC[C@H](C(=O)Nc2ncc(N3Cc4ccccc4C3)s2)C1. The fraction of sp³-hybridized carbons (Fsp3) is 0.484. The van der Waals surface area contributed by atoms with Crippen LogP contribution in [-0.2, 0) is 22.7 Å². The van der Waals surface area contributed by atoms with E-state index in [1.165, 1.54) is 53.1 Å². The van der Waals surface area contributed by atoms with Crippen molar-refractivity contribution in [1.29, 1.82) is 10.5 Å². The van der Waals surface area contributed by atoms with Gasteiger partial charge in [0, 0.05) is 52.4 Å². The van der Waals surface area contributed by atoms with Gasteiger partial charge in [0.1, 0.15) is 10.0 Å². The van der Waals surface area contributed by atoms with Crippen LogP contribution in [0.25, 0.3) is 0 Å². The second-order valence-electron chi connectivity index (χ2n) is 11.7. The molecule has 0 spiro atoms. The van der Waals surface area contributed by atoms with Gasteiger partial charge in [0.05, 0.1) is 24.2 Å². The van der Waals surface area contributed by atoms with Crippen LogP contribution in [0.1, 0.15) is 43.2 Å². The Morgan fingerprint density at radius 3 is 1.69 bits per heavy atom. The summed E-state index contributed by atoms with van der Waals surface area (Å²) in [5.74, 6) is -0.300. The van der Waals surface area contributed by atoms with Crippen molar-refractivity contribution >= 4 is 54.8 Å². The van der Waals surface area contributed by atoms with E-state index >= 15 is 0 Å². The number of likely N-dealkylation sites (tertiary alicyclic amines) is 2. The van der Waals surface area contributed by atoms with Gasteiger partial charge < -0.3 is 30.2 Å². The minimum atomic E-state index is -0.131. The van der Waals surface area contributed by atoms with E-state index in [4.69, 9.17) is 10.5 Å². The third-order valence-electron chi connectivity index (χ3n) is 8.67. The molecule has 4 aliphatic rings. The van der Waals surface area contributed by atoms with E-state index in [0.29, 0.717) is 36.4 Å². The number of anilines is 4. The zero-order valence-corrected chi connectivity index (χ0v) is 26.7. The summed E-state index contributed by atoms with van der Waals surface area (Å²) in [6.45, 7) is 6.27. The molecule has 234 valence electrons. The number of hydrogen-bond acceptors (Lipinski definition) is 12. The molecule has 3 saturated heterocycles. The molecule has 2 aromatic heterocycles. The number of nitriles is 2. The van der Waals surface area contributed by atoms with Crippen LogP contribution in [0.5, 0.6) is 0 Å². The summed E-state index contributed by atoms with van der Waals surface area (Å²) in [6.07, 6.45) is 13.1. The van der Waals surface area contributed by atoms with Crippen molar-refractivity contribution in [3.63, 3.8) is 0 Å². The summed E-state index contributed by atoms with van der Waals surface area (Å²) in [5.41, 5.74) is 2.69. The second-order valence-corrected chi connectivity index (χ2v) is 13.7. The zero-order chi connectivity index (χ0) is 31.2. The summed E-state index contributed by atoms with van der Waals surface area (Å²) < 4.78 is 0. The van der Waals surface area contributed by atoms with E-state index in [1.807, 2.05) is 12.4 Å². The largest absolute Gasteiger partial charge is 0.362 e. The van der Waals surface area contributed by atoms with Gasteiger partial charge in [-0.3, -0.25) is 9.59 Å². The van der Waals surface area contributed by atoms with E-state index < -0.39 is 0 Å². The molecule has 0 saturated carbocycles. The van der Waals surface area contributed by atoms with Gasteiger partial charge in [-0.15, -0.1) is 0 Å². The number of aromatic nitrogens is 2. The van der Waals surface area contributed by atoms with Gasteiger partial charge in [0.15, 0.2) is 22.6 Å². The summed E-state index contributed by atoms with van der Waals surface area (Å²) in [6, 6.07) is 8.43. The van der Waals surface area contributed by atoms with Gasteiger partial charge in [-0.05, 0) is 43.2 Å². The molecule has 2 N–H and O–H groups in total. The Bertz CT molecular complexity index is 1560. The summed E-state index contributed by atoms with van der Waals surface area (Å²) >= 11 is 3.04. The van der Waals surface area contributed by atoms with E-state index in [2.05, 4.69) is 67.1 Å². The predicted octanol–water partition coefficient (Wildman–Crippen LogP) is 4.28. The Hall–Kier alpha value is -4.40. The zero-order valence-electron chi connectivity index (χ0n) is 25.0. The van der Waals surface area contributed by atoms with Gasteiger partial charge in [-0.1, -0.05) is 46.9 Å². The number of hydrogen-bond donors (Lipinski definition) is 2. The van der Waals surface area contributed by atoms with Crippen molar-refractivity contribution in [3.8, 4) is 12.4 Å². The lowest BCUT2D eigenvalue weighted by molar-refractivity contribution is -0.120. The number of piperidine rings is 1. The van der Waals surface area contributed by atoms with Gasteiger partial charge >= 0.3 is 0 Å². The Labute approximate surface area is 270 Å². The Balaban J connectivity index is 0.000000160. The average Bonchev–Trinajstić information content (AvgIpc) is 3.90. The van der Waals surface area contributed by atoms with Crippen LogP contribution >= 0.6 is 22.7 Å². The van der Waals surface area contributed by atoms with Crippen LogP contribution in [-0.4, -0.2) is 70.9 Å². The fourth-order valence-electron chi connectivity index (χ4n) is 6.09. The normalized spacial score (nSPS) is 20.6. The van der Waals surface area contributed by atoms with E-state index in [0.717, 1.165) is 49.0 Å². The lowest BCUT2D eigenvalue weighted by atomic mass is 10.1. The third-order valence-corrected chi connectivity index (χ3v) is 10.6. The number of nitrogens with zero attached hydrogens (tertiary/aromatic N) is 8. The first kappa shape index (κ1) is 30.6. The Kier molecular flexibility index (Phi) is 9.62. The van der Waals surface area contributed by atoms with Crippen LogP contribution in [0.2, 0.25) is 0 Å². The maximum Gasteiger partial charge on any atom is 0.231 e. The molecule has 14 heteroatoms. The highest BCUT2D eigenvalue weighted by molar-refractivity contribution is 7.20. The molecular weight excluding hydrogens is 609 g/mol. The molecule has 1 aromatic carbocycles. The molecule has 3 fully saturated rings. The van der Waals surface area contributed by atoms with Gasteiger partial charge in [-0.25, -0.2) is 9.97 Å². The molecule has 45 heavy (non-hydrogen) atoms. The number of fused-ring (bicyclic) bond motifs is 1.